The molecule has 0 radical (unpaired) electrons. The Balaban J connectivity index is 2.07. The Kier molecular flexibility index (Phi) is 4.55. The zero-order chi connectivity index (χ0) is 13.0. The van der Waals surface area contributed by atoms with Gasteiger partial charge >= 0.3 is 0 Å². The molecule has 1 aliphatic rings. The summed E-state index contributed by atoms with van der Waals surface area (Å²) in [6, 6.07) is 4.87. The average Bonchev–Trinajstić information content (AvgIpc) is 2.39. The highest BCUT2D eigenvalue weighted by atomic mass is 16.5. The molecular weight excluding hydrogens is 226 g/mol. The largest absolute Gasteiger partial charge is 0.377 e. The number of anilines is 1. The van der Waals surface area contributed by atoms with E-state index in [1.165, 1.54) is 5.56 Å². The Hall–Kier alpha value is -1.13. The second-order valence-corrected chi connectivity index (χ2v) is 5.04. The van der Waals surface area contributed by atoms with Crippen molar-refractivity contribution in [3.05, 3.63) is 23.9 Å². The van der Waals surface area contributed by atoms with Crippen LogP contribution in [0.25, 0.3) is 0 Å². The van der Waals surface area contributed by atoms with Crippen LogP contribution in [0.4, 0.5) is 5.82 Å². The molecule has 0 amide bonds. The zero-order valence-electron chi connectivity index (χ0n) is 11.3. The van der Waals surface area contributed by atoms with Crippen LogP contribution in [0.1, 0.15) is 25.8 Å². The molecule has 100 valence electrons. The van der Waals surface area contributed by atoms with Crippen LogP contribution in [0.15, 0.2) is 18.3 Å². The summed E-state index contributed by atoms with van der Waals surface area (Å²) in [6.45, 7) is 6.73. The van der Waals surface area contributed by atoms with Crippen LogP contribution in [0, 0.1) is 0 Å². The second kappa shape index (κ2) is 6.16. The van der Waals surface area contributed by atoms with Crippen LogP contribution in [-0.4, -0.2) is 36.8 Å². The van der Waals surface area contributed by atoms with E-state index >= 15 is 0 Å². The molecule has 18 heavy (non-hydrogen) atoms. The average molecular weight is 249 g/mol. The van der Waals surface area contributed by atoms with Crippen molar-refractivity contribution in [2.75, 3.05) is 24.7 Å². The molecule has 2 unspecified atom stereocenters. The van der Waals surface area contributed by atoms with Gasteiger partial charge in [0.25, 0.3) is 0 Å². The van der Waals surface area contributed by atoms with Gasteiger partial charge in [-0.1, -0.05) is 13.0 Å². The number of rotatable bonds is 4. The van der Waals surface area contributed by atoms with Crippen LogP contribution < -0.4 is 10.6 Å². The van der Waals surface area contributed by atoms with Crippen molar-refractivity contribution in [3.8, 4) is 0 Å². The third kappa shape index (κ3) is 3.21. The van der Waals surface area contributed by atoms with E-state index in [2.05, 4.69) is 28.9 Å². The van der Waals surface area contributed by atoms with Crippen LogP contribution in [0.3, 0.4) is 0 Å². The smallest absolute Gasteiger partial charge is 0.128 e. The molecule has 1 fully saturated rings. The van der Waals surface area contributed by atoms with E-state index in [1.807, 2.05) is 13.1 Å². The zero-order valence-corrected chi connectivity index (χ0v) is 11.3. The molecule has 0 bridgehead atoms. The van der Waals surface area contributed by atoms with Gasteiger partial charge in [-0.05, 0) is 31.4 Å². The predicted octanol–water partition coefficient (Wildman–Crippen LogP) is 1.59. The summed E-state index contributed by atoms with van der Waals surface area (Å²) in [5.41, 5.74) is 7.00. The summed E-state index contributed by atoms with van der Waals surface area (Å²) >= 11 is 0. The topological polar surface area (TPSA) is 51.4 Å². The van der Waals surface area contributed by atoms with E-state index in [9.17, 15) is 0 Å². The highest BCUT2D eigenvalue weighted by molar-refractivity contribution is 5.41. The molecule has 1 aromatic rings. The summed E-state index contributed by atoms with van der Waals surface area (Å²) < 4.78 is 5.52. The van der Waals surface area contributed by atoms with Crippen LogP contribution in [0.5, 0.6) is 0 Å². The molecular formula is C14H23N3O. The Morgan fingerprint density at radius 2 is 2.39 bits per heavy atom. The number of nitrogens with two attached hydrogens (primary N) is 1. The first-order valence-corrected chi connectivity index (χ1v) is 6.75. The molecule has 0 aromatic carbocycles. The normalized spacial score (nSPS) is 21.9. The van der Waals surface area contributed by atoms with Crippen molar-refractivity contribution in [2.45, 2.75) is 38.8 Å². The van der Waals surface area contributed by atoms with Crippen LogP contribution in [-0.2, 0) is 11.2 Å². The predicted molar refractivity (Wildman–Crippen MR) is 73.8 cm³/mol. The first-order valence-electron chi connectivity index (χ1n) is 6.75. The highest BCUT2D eigenvalue weighted by Gasteiger charge is 2.22. The van der Waals surface area contributed by atoms with Crippen molar-refractivity contribution < 1.29 is 4.74 Å². The molecule has 2 heterocycles. The lowest BCUT2D eigenvalue weighted by molar-refractivity contribution is 0.0926. The molecule has 0 saturated carbocycles. The fraction of sp³-hybridized carbons (Fsp3) is 0.643. The minimum atomic E-state index is 0.185. The minimum absolute atomic E-state index is 0.185. The first kappa shape index (κ1) is 13.3. The minimum Gasteiger partial charge on any atom is -0.377 e. The van der Waals surface area contributed by atoms with Gasteiger partial charge in [-0.2, -0.15) is 0 Å². The third-order valence-electron chi connectivity index (χ3n) is 3.36. The lowest BCUT2D eigenvalue weighted by Gasteiger charge is -2.36. The highest BCUT2D eigenvalue weighted by Crippen LogP contribution is 2.19. The fourth-order valence-electron chi connectivity index (χ4n) is 2.37. The van der Waals surface area contributed by atoms with Gasteiger partial charge in [-0.15, -0.1) is 0 Å². The van der Waals surface area contributed by atoms with Crippen molar-refractivity contribution in [2.24, 2.45) is 5.73 Å². The van der Waals surface area contributed by atoms with E-state index in [-0.39, 0.29) is 6.04 Å². The van der Waals surface area contributed by atoms with Gasteiger partial charge in [0.15, 0.2) is 0 Å². The number of nitrogens with zero attached hydrogens (tertiary/aromatic N) is 2. The van der Waals surface area contributed by atoms with Gasteiger partial charge in [0.2, 0.25) is 0 Å². The maximum atomic E-state index is 5.79. The SMILES string of the molecule is CCC1COCCN1c1ccc(CC(C)N)cn1. The summed E-state index contributed by atoms with van der Waals surface area (Å²) in [5, 5.41) is 0. The van der Waals surface area contributed by atoms with Gasteiger partial charge in [0.1, 0.15) is 5.82 Å². The van der Waals surface area contributed by atoms with Crippen molar-refractivity contribution in [3.63, 3.8) is 0 Å². The van der Waals surface area contributed by atoms with E-state index < -0.39 is 0 Å². The van der Waals surface area contributed by atoms with Gasteiger partial charge in [-0.3, -0.25) is 0 Å². The molecule has 1 saturated heterocycles. The van der Waals surface area contributed by atoms with E-state index in [4.69, 9.17) is 10.5 Å². The quantitative estimate of drug-likeness (QED) is 0.880. The standard InChI is InChI=1S/C14H23N3O/c1-3-13-10-18-7-6-17(13)14-5-4-12(9-16-14)8-11(2)15/h4-5,9,11,13H,3,6-8,10,15H2,1-2H3. The molecule has 0 spiro atoms. The first-order chi connectivity index (χ1) is 8.70. The van der Waals surface area contributed by atoms with Gasteiger partial charge in [0.05, 0.1) is 19.3 Å². The Morgan fingerprint density at radius 1 is 1.56 bits per heavy atom. The van der Waals surface area contributed by atoms with Crippen LogP contribution >= 0.6 is 0 Å². The Morgan fingerprint density at radius 3 is 3.00 bits per heavy atom. The molecule has 1 aromatic heterocycles. The van der Waals surface area contributed by atoms with Crippen LogP contribution in [0.2, 0.25) is 0 Å². The maximum Gasteiger partial charge on any atom is 0.128 e. The van der Waals surface area contributed by atoms with Crippen molar-refractivity contribution >= 4 is 5.82 Å². The molecule has 4 nitrogen and oxygen atoms in total. The number of aromatic nitrogens is 1. The monoisotopic (exact) mass is 249 g/mol. The molecule has 2 rings (SSSR count). The number of pyridine rings is 1. The lowest BCUT2D eigenvalue weighted by atomic mass is 10.1. The Labute approximate surface area is 109 Å². The third-order valence-corrected chi connectivity index (χ3v) is 3.36. The maximum absolute atomic E-state index is 5.79. The number of ether oxygens (including phenoxy) is 1. The van der Waals surface area contributed by atoms with Gasteiger partial charge < -0.3 is 15.4 Å². The molecule has 2 atom stereocenters. The molecule has 0 aliphatic carbocycles. The molecule has 2 N–H and O–H groups in total. The number of hydrogen-bond acceptors (Lipinski definition) is 4. The van der Waals surface area contributed by atoms with Crippen molar-refractivity contribution in [1.29, 1.82) is 0 Å². The molecule has 4 heteroatoms. The summed E-state index contributed by atoms with van der Waals surface area (Å²) in [6.07, 6.45) is 3.91. The Bertz CT molecular complexity index is 364. The van der Waals surface area contributed by atoms with Crippen molar-refractivity contribution in [1.82, 2.24) is 4.98 Å². The van der Waals surface area contributed by atoms with E-state index in [0.717, 1.165) is 38.4 Å². The van der Waals surface area contributed by atoms with E-state index in [0.29, 0.717) is 6.04 Å². The number of hydrogen-bond donors (Lipinski definition) is 1. The summed E-state index contributed by atoms with van der Waals surface area (Å²) in [4.78, 5) is 6.91. The second-order valence-electron chi connectivity index (χ2n) is 5.04. The fourth-order valence-corrected chi connectivity index (χ4v) is 2.37. The van der Waals surface area contributed by atoms with Gasteiger partial charge in [-0.25, -0.2) is 4.98 Å². The summed E-state index contributed by atoms with van der Waals surface area (Å²) in [7, 11) is 0. The molecule has 1 aliphatic heterocycles. The van der Waals surface area contributed by atoms with Gasteiger partial charge in [0, 0.05) is 18.8 Å². The summed E-state index contributed by atoms with van der Waals surface area (Å²) in [5.74, 6) is 1.05. The number of morpholine rings is 1. The lowest BCUT2D eigenvalue weighted by Crippen LogP contribution is -2.45. The van der Waals surface area contributed by atoms with E-state index in [1.54, 1.807) is 0 Å².